The van der Waals surface area contributed by atoms with E-state index in [2.05, 4.69) is 20.3 Å². The monoisotopic (exact) mass is 508 g/mol. The van der Waals surface area contributed by atoms with E-state index in [0.717, 1.165) is 29.9 Å². The lowest BCUT2D eigenvalue weighted by Crippen LogP contribution is -2.37. The van der Waals surface area contributed by atoms with Gasteiger partial charge in [0.05, 0.1) is 36.0 Å². The Balaban J connectivity index is 1.48. The predicted molar refractivity (Wildman–Crippen MR) is 146 cm³/mol. The SMILES string of the molecule is Cc1nn2cccnc2c1C(=O)N[C@@H](C)c1cc2cccc(N3CCOCC3)c2c(=O)n1-c1ccccc1. The summed E-state index contributed by atoms with van der Waals surface area (Å²) in [6.07, 6.45) is 3.40. The minimum absolute atomic E-state index is 0.124. The first-order chi connectivity index (χ1) is 18.5. The van der Waals surface area contributed by atoms with Crippen molar-refractivity contribution in [3.05, 3.63) is 100 Å². The first-order valence-electron chi connectivity index (χ1n) is 12.7. The van der Waals surface area contributed by atoms with Crippen LogP contribution in [-0.4, -0.2) is 51.4 Å². The fourth-order valence-corrected chi connectivity index (χ4v) is 5.20. The molecule has 9 heteroatoms. The lowest BCUT2D eigenvalue weighted by Gasteiger charge is -2.30. The Morgan fingerprint density at radius 1 is 1.05 bits per heavy atom. The number of morpholine rings is 1. The van der Waals surface area contributed by atoms with E-state index < -0.39 is 6.04 Å². The Kier molecular flexibility index (Phi) is 6.13. The first-order valence-corrected chi connectivity index (χ1v) is 12.7. The number of hydrogen-bond acceptors (Lipinski definition) is 6. The quantitative estimate of drug-likeness (QED) is 0.389. The van der Waals surface area contributed by atoms with E-state index in [1.54, 1.807) is 34.5 Å². The van der Waals surface area contributed by atoms with Crippen molar-refractivity contribution < 1.29 is 9.53 Å². The Morgan fingerprint density at radius 2 is 1.84 bits per heavy atom. The van der Waals surface area contributed by atoms with Crippen LogP contribution in [-0.2, 0) is 4.74 Å². The number of ether oxygens (including phenoxy) is 1. The minimum atomic E-state index is -0.482. The molecule has 0 saturated carbocycles. The molecular formula is C29H28N6O3. The standard InChI is InChI=1S/C29H28N6O3/c1-19(31-28(36)25-20(2)32-34-13-7-12-30-27(25)34)24-18-21-8-6-11-23(33-14-16-38-17-15-33)26(21)29(37)35(24)22-9-4-3-5-10-22/h3-13,18-19H,14-17H2,1-2H3,(H,31,36)/t19-/m0/s1. The molecule has 1 amide bonds. The molecule has 1 aliphatic rings. The predicted octanol–water partition coefficient (Wildman–Crippen LogP) is 3.67. The number of carbonyl (C=O) groups excluding carboxylic acids is 1. The van der Waals surface area contributed by atoms with E-state index in [1.165, 1.54) is 0 Å². The third-order valence-corrected chi connectivity index (χ3v) is 7.01. The van der Waals surface area contributed by atoms with Crippen molar-refractivity contribution in [2.75, 3.05) is 31.2 Å². The second-order valence-corrected chi connectivity index (χ2v) is 9.43. The normalized spacial score (nSPS) is 14.6. The van der Waals surface area contributed by atoms with Gasteiger partial charge < -0.3 is 15.0 Å². The van der Waals surface area contributed by atoms with Gasteiger partial charge in [0.15, 0.2) is 5.65 Å². The summed E-state index contributed by atoms with van der Waals surface area (Å²) in [7, 11) is 0. The average molecular weight is 509 g/mol. The van der Waals surface area contributed by atoms with Crippen molar-refractivity contribution in [2.45, 2.75) is 19.9 Å². The molecule has 0 aliphatic carbocycles. The Morgan fingerprint density at radius 3 is 2.63 bits per heavy atom. The molecule has 192 valence electrons. The number of para-hydroxylation sites is 1. The third kappa shape index (κ3) is 4.10. The summed E-state index contributed by atoms with van der Waals surface area (Å²) in [5.74, 6) is -0.294. The lowest BCUT2D eigenvalue weighted by atomic mass is 10.0. The fourth-order valence-electron chi connectivity index (χ4n) is 5.20. The molecule has 9 nitrogen and oxygen atoms in total. The number of amides is 1. The van der Waals surface area contributed by atoms with Gasteiger partial charge in [0.25, 0.3) is 11.5 Å². The first kappa shape index (κ1) is 23.9. The maximum atomic E-state index is 14.2. The Hall–Kier alpha value is -4.50. The zero-order valence-corrected chi connectivity index (χ0v) is 21.3. The summed E-state index contributed by atoms with van der Waals surface area (Å²) < 4.78 is 8.84. The largest absolute Gasteiger partial charge is 0.378 e. The van der Waals surface area contributed by atoms with Crippen molar-refractivity contribution in [3.63, 3.8) is 0 Å². The van der Waals surface area contributed by atoms with Crippen LogP contribution in [0.15, 0.2) is 77.9 Å². The maximum absolute atomic E-state index is 14.2. The molecule has 1 saturated heterocycles. The third-order valence-electron chi connectivity index (χ3n) is 7.01. The van der Waals surface area contributed by atoms with Crippen molar-refractivity contribution >= 4 is 28.0 Å². The fraction of sp³-hybridized carbons (Fsp3) is 0.241. The van der Waals surface area contributed by atoms with Crippen molar-refractivity contribution in [3.8, 4) is 5.69 Å². The molecule has 5 aromatic rings. The number of benzene rings is 2. The van der Waals surface area contributed by atoms with Gasteiger partial charge in [-0.25, -0.2) is 9.50 Å². The molecule has 0 unspecified atom stereocenters. The number of nitrogens with one attached hydrogen (secondary N) is 1. The number of carbonyl (C=O) groups is 1. The number of rotatable bonds is 5. The van der Waals surface area contributed by atoms with Crippen LogP contribution >= 0.6 is 0 Å². The van der Waals surface area contributed by atoms with E-state index in [0.29, 0.717) is 41.2 Å². The molecule has 3 aromatic heterocycles. The highest BCUT2D eigenvalue weighted by Crippen LogP contribution is 2.29. The van der Waals surface area contributed by atoms with Gasteiger partial charge in [-0.3, -0.25) is 14.2 Å². The Labute approximate surface area is 219 Å². The van der Waals surface area contributed by atoms with Crippen LogP contribution in [0.25, 0.3) is 22.1 Å². The number of hydrogen-bond donors (Lipinski definition) is 1. The van der Waals surface area contributed by atoms with Crippen LogP contribution in [0.1, 0.15) is 34.7 Å². The van der Waals surface area contributed by atoms with E-state index in [4.69, 9.17) is 4.74 Å². The molecule has 4 heterocycles. The van der Waals surface area contributed by atoms with Crippen LogP contribution < -0.4 is 15.8 Å². The molecular weight excluding hydrogens is 480 g/mol. The highest BCUT2D eigenvalue weighted by Gasteiger charge is 2.24. The smallest absolute Gasteiger partial charge is 0.265 e. The highest BCUT2D eigenvalue weighted by atomic mass is 16.5. The van der Waals surface area contributed by atoms with Crippen molar-refractivity contribution in [1.82, 2.24) is 24.5 Å². The van der Waals surface area contributed by atoms with Crippen LogP contribution in [0, 0.1) is 6.92 Å². The van der Waals surface area contributed by atoms with Crippen molar-refractivity contribution in [1.29, 1.82) is 0 Å². The summed E-state index contributed by atoms with van der Waals surface area (Å²) >= 11 is 0. The van der Waals surface area contributed by atoms with E-state index in [9.17, 15) is 9.59 Å². The van der Waals surface area contributed by atoms with Crippen LogP contribution in [0.4, 0.5) is 5.69 Å². The number of anilines is 1. The molecule has 0 bridgehead atoms. The molecule has 2 aromatic carbocycles. The summed E-state index contributed by atoms with van der Waals surface area (Å²) in [6.45, 7) is 6.39. The zero-order valence-electron chi connectivity index (χ0n) is 21.3. The molecule has 1 fully saturated rings. The number of aryl methyl sites for hydroxylation is 1. The van der Waals surface area contributed by atoms with E-state index in [1.807, 2.05) is 61.5 Å². The maximum Gasteiger partial charge on any atom is 0.265 e. The van der Waals surface area contributed by atoms with E-state index >= 15 is 0 Å². The summed E-state index contributed by atoms with van der Waals surface area (Å²) in [4.78, 5) is 34.3. The highest BCUT2D eigenvalue weighted by molar-refractivity contribution is 6.01. The van der Waals surface area contributed by atoms with E-state index in [-0.39, 0.29) is 11.5 Å². The Bertz CT molecular complexity index is 1700. The topological polar surface area (TPSA) is 93.8 Å². The lowest BCUT2D eigenvalue weighted by molar-refractivity contribution is 0.0939. The van der Waals surface area contributed by atoms with Crippen LogP contribution in [0.2, 0.25) is 0 Å². The van der Waals surface area contributed by atoms with Gasteiger partial charge in [0, 0.05) is 36.9 Å². The van der Waals surface area contributed by atoms with Gasteiger partial charge in [0.2, 0.25) is 0 Å². The molecule has 1 N–H and O–H groups in total. The summed E-state index contributed by atoms with van der Waals surface area (Å²) in [5, 5.41) is 8.99. The van der Waals surface area contributed by atoms with Gasteiger partial charge in [-0.15, -0.1) is 0 Å². The van der Waals surface area contributed by atoms with Gasteiger partial charge in [-0.2, -0.15) is 5.10 Å². The molecule has 6 rings (SSSR count). The molecule has 1 aliphatic heterocycles. The number of fused-ring (bicyclic) bond motifs is 2. The molecule has 38 heavy (non-hydrogen) atoms. The van der Waals surface area contributed by atoms with Crippen LogP contribution in [0.3, 0.4) is 0 Å². The van der Waals surface area contributed by atoms with Crippen LogP contribution in [0.5, 0.6) is 0 Å². The van der Waals surface area contributed by atoms with Gasteiger partial charge >= 0.3 is 0 Å². The second kappa shape index (κ2) is 9.75. The number of aromatic nitrogens is 4. The van der Waals surface area contributed by atoms with Gasteiger partial charge in [-0.1, -0.05) is 30.3 Å². The number of nitrogens with zero attached hydrogens (tertiary/aromatic N) is 5. The zero-order chi connectivity index (χ0) is 26.2. The summed E-state index contributed by atoms with van der Waals surface area (Å²) in [5.41, 5.74) is 3.69. The van der Waals surface area contributed by atoms with Gasteiger partial charge in [0.1, 0.15) is 5.56 Å². The average Bonchev–Trinajstić information content (AvgIpc) is 3.29. The van der Waals surface area contributed by atoms with Crippen molar-refractivity contribution in [2.24, 2.45) is 0 Å². The van der Waals surface area contributed by atoms with Gasteiger partial charge in [-0.05, 0) is 49.6 Å². The number of pyridine rings is 1. The molecule has 1 atom stereocenters. The minimum Gasteiger partial charge on any atom is -0.378 e. The second-order valence-electron chi connectivity index (χ2n) is 9.43. The molecule has 0 spiro atoms. The summed E-state index contributed by atoms with van der Waals surface area (Å²) in [6, 6.07) is 18.7. The molecule has 0 radical (unpaired) electrons.